The zero-order valence-corrected chi connectivity index (χ0v) is 23.0. The molecule has 0 bridgehead atoms. The van der Waals surface area contributed by atoms with Crippen molar-refractivity contribution in [1.82, 2.24) is 19.1 Å². The zero-order valence-electron chi connectivity index (χ0n) is 21.2. The fourth-order valence-electron chi connectivity index (χ4n) is 3.86. The second-order valence-electron chi connectivity index (χ2n) is 8.96. The molecule has 0 amide bonds. The Kier molecular flexibility index (Phi) is 10.6. The molecule has 230 valence electrons. The van der Waals surface area contributed by atoms with E-state index in [0.717, 1.165) is 9.13 Å². The number of phosphoric ester groups is 2. The summed E-state index contributed by atoms with van der Waals surface area (Å²) in [7, 11) is -9.31. The Morgan fingerprint density at radius 3 is 1.93 bits per heavy atom. The Morgan fingerprint density at radius 2 is 1.46 bits per heavy atom. The molecule has 0 radical (unpaired) electrons. The van der Waals surface area contributed by atoms with Crippen LogP contribution >= 0.6 is 15.6 Å². The molecule has 2 aromatic rings. The Labute approximate surface area is 229 Å². The molecule has 0 spiro atoms. The fraction of sp³-hybridized carbons (Fsp3) is 0.579. The minimum Gasteiger partial charge on any atom is -0.390 e. The molecule has 9 N–H and O–H groups in total. The van der Waals surface area contributed by atoms with Crippen molar-refractivity contribution in [2.45, 2.75) is 56.6 Å². The highest BCUT2D eigenvalue weighted by Crippen LogP contribution is 2.39. The van der Waals surface area contributed by atoms with E-state index in [4.69, 9.17) is 34.8 Å². The van der Waals surface area contributed by atoms with Crippen LogP contribution in [0, 0.1) is 6.92 Å². The lowest BCUT2D eigenvalue weighted by Gasteiger charge is -2.16. The van der Waals surface area contributed by atoms with Gasteiger partial charge in [-0.05, 0) is 13.0 Å². The summed E-state index contributed by atoms with van der Waals surface area (Å²) in [6.07, 6.45) is -2.89. The summed E-state index contributed by atoms with van der Waals surface area (Å²) in [6, 6.07) is 1.40. The van der Waals surface area contributed by atoms with Gasteiger partial charge in [0.05, 0.1) is 25.4 Å². The number of nitrogens with one attached hydrogen (secondary N) is 1. The van der Waals surface area contributed by atoms with Gasteiger partial charge >= 0.3 is 27.0 Å². The third kappa shape index (κ3) is 9.47. The monoisotopic (exact) mass is 629 g/mol. The summed E-state index contributed by atoms with van der Waals surface area (Å²) in [5.74, 6) is 0.0613. The lowest BCUT2D eigenvalue weighted by Crippen LogP contribution is -2.33. The molecule has 6 unspecified atom stereocenters. The van der Waals surface area contributed by atoms with E-state index in [1.54, 1.807) is 0 Å². The van der Waals surface area contributed by atoms with Crippen molar-refractivity contribution >= 4 is 21.5 Å². The largest absolute Gasteiger partial charge is 0.469 e. The number of aliphatic hydroxyl groups excluding tert-OH is 2. The summed E-state index contributed by atoms with van der Waals surface area (Å²) in [5, 5.41) is 19.5. The van der Waals surface area contributed by atoms with Crippen molar-refractivity contribution in [1.29, 1.82) is 0 Å². The van der Waals surface area contributed by atoms with Gasteiger partial charge in [0.2, 0.25) is 0 Å². The summed E-state index contributed by atoms with van der Waals surface area (Å²) in [6.45, 7) is 0.507. The lowest BCUT2D eigenvalue weighted by molar-refractivity contribution is -0.0451. The van der Waals surface area contributed by atoms with Gasteiger partial charge in [-0.3, -0.25) is 28.0 Å². The van der Waals surface area contributed by atoms with Crippen molar-refractivity contribution in [3.8, 4) is 0 Å². The van der Waals surface area contributed by atoms with Gasteiger partial charge in [-0.25, -0.2) is 18.7 Å². The van der Waals surface area contributed by atoms with Crippen molar-refractivity contribution in [3.63, 3.8) is 0 Å². The van der Waals surface area contributed by atoms with Gasteiger partial charge < -0.3 is 45.0 Å². The molecule has 2 saturated heterocycles. The summed E-state index contributed by atoms with van der Waals surface area (Å²) in [5.41, 5.74) is 3.80. The van der Waals surface area contributed by atoms with E-state index in [1.807, 2.05) is 0 Å². The third-order valence-corrected chi connectivity index (χ3v) is 6.81. The van der Waals surface area contributed by atoms with E-state index in [0.29, 0.717) is 5.56 Å². The number of aromatic nitrogens is 4. The number of nitrogens with two attached hydrogens (primary N) is 1. The predicted molar refractivity (Wildman–Crippen MR) is 134 cm³/mol. The Bertz CT molecular complexity index is 1480. The average molecular weight is 629 g/mol. The SMILES string of the molecule is Cc1cn(C2CC(O)C(COP(=O)(O)O)O2)c(=O)[nH]c1=O.Nc1ccn(C2CC(O)C(COP(=O)(O)O)O2)c(=O)n1. The number of nitrogens with zero attached hydrogens (tertiary/aromatic N) is 3. The number of nitrogen functional groups attached to an aromatic ring is 1. The molecule has 22 heteroatoms. The van der Waals surface area contributed by atoms with Crippen molar-refractivity contribution < 1.29 is 57.4 Å². The van der Waals surface area contributed by atoms with Gasteiger partial charge in [0.25, 0.3) is 5.56 Å². The maximum atomic E-state index is 11.7. The lowest BCUT2D eigenvalue weighted by atomic mass is 10.2. The van der Waals surface area contributed by atoms with Crippen molar-refractivity contribution in [3.05, 3.63) is 55.3 Å². The highest BCUT2D eigenvalue weighted by molar-refractivity contribution is 7.46. The molecule has 4 rings (SSSR count). The molecule has 6 atom stereocenters. The van der Waals surface area contributed by atoms with Crippen LogP contribution in [0.25, 0.3) is 0 Å². The molecule has 2 aliphatic rings. The molecule has 20 nitrogen and oxygen atoms in total. The van der Waals surface area contributed by atoms with Crippen LogP contribution in [0.3, 0.4) is 0 Å². The van der Waals surface area contributed by atoms with Crippen molar-refractivity contribution in [2.75, 3.05) is 18.9 Å². The van der Waals surface area contributed by atoms with E-state index < -0.39 is 82.7 Å². The highest BCUT2D eigenvalue weighted by Gasteiger charge is 2.38. The van der Waals surface area contributed by atoms with E-state index >= 15 is 0 Å². The number of hydrogen-bond acceptors (Lipinski definition) is 13. The molecule has 0 saturated carbocycles. The molecule has 2 aliphatic heterocycles. The molecule has 2 fully saturated rings. The first-order valence-corrected chi connectivity index (χ1v) is 14.7. The summed E-state index contributed by atoms with van der Waals surface area (Å²) in [4.78, 5) is 74.6. The zero-order chi connectivity index (χ0) is 30.7. The Balaban J connectivity index is 0.000000226. The van der Waals surface area contributed by atoms with Gasteiger partial charge in [0.15, 0.2) is 0 Å². The minimum atomic E-state index is -4.67. The average Bonchev–Trinajstić information content (AvgIpc) is 3.40. The fourth-order valence-corrected chi connectivity index (χ4v) is 4.54. The van der Waals surface area contributed by atoms with Gasteiger partial charge in [0.1, 0.15) is 30.5 Å². The maximum Gasteiger partial charge on any atom is 0.469 e. The number of H-pyrrole nitrogens is 1. The molecule has 41 heavy (non-hydrogen) atoms. The van der Waals surface area contributed by atoms with Crippen LogP contribution in [-0.4, -0.2) is 86.5 Å². The number of aromatic amines is 1. The highest BCUT2D eigenvalue weighted by atomic mass is 31.2. The number of rotatable bonds is 8. The minimum absolute atomic E-state index is 0.0283. The standard InChI is InChI=1S/C10H15N2O8P.C9H14N3O7P/c1-5-3-12(10(15)11-9(5)14)8-2-6(13)7(20-8)4-19-21(16,17)18;10-7-1-2-12(9(14)11-7)8-3-5(13)6(19-8)4-18-20(15,16)17/h3,6-8,13H,2,4H2,1H3,(H,11,14,15)(H2,16,17,18);1-2,5-6,8,13H,3-4H2,(H2,10,11,14)(H2,15,16,17). The van der Waals surface area contributed by atoms with Crippen LogP contribution in [0.2, 0.25) is 0 Å². The number of phosphoric acid groups is 2. The van der Waals surface area contributed by atoms with Crippen LogP contribution in [0.4, 0.5) is 5.82 Å². The molecule has 4 heterocycles. The van der Waals surface area contributed by atoms with Crippen LogP contribution < -0.4 is 22.7 Å². The van der Waals surface area contributed by atoms with Crippen LogP contribution in [0.15, 0.2) is 32.8 Å². The first kappa shape index (κ1) is 32.9. The number of hydrogen-bond donors (Lipinski definition) is 8. The Hall–Kier alpha value is -2.58. The Morgan fingerprint density at radius 1 is 0.976 bits per heavy atom. The third-order valence-electron chi connectivity index (χ3n) is 5.84. The van der Waals surface area contributed by atoms with Gasteiger partial charge in [-0.2, -0.15) is 4.98 Å². The molecule has 0 aromatic carbocycles. The second-order valence-corrected chi connectivity index (χ2v) is 11.4. The second kappa shape index (κ2) is 13.2. The van der Waals surface area contributed by atoms with E-state index in [9.17, 15) is 33.7 Å². The first-order valence-electron chi connectivity index (χ1n) is 11.7. The first-order chi connectivity index (χ1) is 18.9. The quantitative estimate of drug-likeness (QED) is 0.137. The molecule has 0 aliphatic carbocycles. The van der Waals surface area contributed by atoms with Crippen LogP contribution in [0.5, 0.6) is 0 Å². The van der Waals surface area contributed by atoms with Gasteiger partial charge in [0, 0.05) is 30.8 Å². The number of anilines is 1. The van der Waals surface area contributed by atoms with Gasteiger partial charge in [-0.1, -0.05) is 0 Å². The van der Waals surface area contributed by atoms with Gasteiger partial charge in [-0.15, -0.1) is 0 Å². The topological polar surface area (TPSA) is 308 Å². The van der Waals surface area contributed by atoms with E-state index in [1.165, 1.54) is 25.4 Å². The maximum absolute atomic E-state index is 11.7. The van der Waals surface area contributed by atoms with E-state index in [2.05, 4.69) is 19.0 Å². The summed E-state index contributed by atoms with van der Waals surface area (Å²) >= 11 is 0. The van der Waals surface area contributed by atoms with Crippen LogP contribution in [0.1, 0.15) is 30.9 Å². The number of ether oxygens (including phenoxy) is 2. The molecular weight excluding hydrogens is 600 g/mol. The number of aliphatic hydroxyl groups is 2. The molecule has 2 aromatic heterocycles. The normalized spacial score (nSPS) is 26.5. The predicted octanol–water partition coefficient (Wildman–Crippen LogP) is -2.81. The summed E-state index contributed by atoms with van der Waals surface area (Å²) < 4.78 is 42.7. The van der Waals surface area contributed by atoms with Crippen molar-refractivity contribution in [2.24, 2.45) is 0 Å². The smallest absolute Gasteiger partial charge is 0.390 e. The van der Waals surface area contributed by atoms with Crippen LogP contribution in [-0.2, 0) is 27.7 Å². The molecular formula is C19H29N5O15P2. The van der Waals surface area contributed by atoms with E-state index in [-0.39, 0.29) is 18.7 Å². The number of aryl methyl sites for hydroxylation is 1.